The molecule has 2 rings (SSSR count). The van der Waals surface area contributed by atoms with Crippen molar-refractivity contribution in [3.8, 4) is 5.75 Å². The molecule has 0 amide bonds. The first kappa shape index (κ1) is 18.5. The number of benzene rings is 1. The molecular weight excluding hydrogens is 325 g/mol. The molecule has 1 fully saturated rings. The van der Waals surface area contributed by atoms with E-state index in [1.54, 1.807) is 6.07 Å². The SMILES string of the molecule is CCCCCCSc1c(OC2CCCO2)cccc1C(F)(F)F. The molecule has 23 heavy (non-hydrogen) atoms. The van der Waals surface area contributed by atoms with Crippen LogP contribution in [0.2, 0.25) is 0 Å². The zero-order valence-electron chi connectivity index (χ0n) is 13.3. The summed E-state index contributed by atoms with van der Waals surface area (Å²) in [6.07, 6.45) is 0.960. The molecular formula is C17H23F3O2S. The second kappa shape index (κ2) is 8.83. The average Bonchev–Trinajstić information content (AvgIpc) is 3.00. The summed E-state index contributed by atoms with van der Waals surface area (Å²) in [6, 6.07) is 4.12. The van der Waals surface area contributed by atoms with Crippen molar-refractivity contribution in [3.63, 3.8) is 0 Å². The Kier molecular flexibility index (Phi) is 7.09. The summed E-state index contributed by atoms with van der Waals surface area (Å²) < 4.78 is 50.9. The fourth-order valence-corrected chi connectivity index (χ4v) is 3.62. The van der Waals surface area contributed by atoms with Crippen molar-refractivity contribution in [1.82, 2.24) is 0 Å². The van der Waals surface area contributed by atoms with E-state index >= 15 is 0 Å². The zero-order valence-corrected chi connectivity index (χ0v) is 14.1. The summed E-state index contributed by atoms with van der Waals surface area (Å²) >= 11 is 1.23. The van der Waals surface area contributed by atoms with Gasteiger partial charge in [0.1, 0.15) is 5.75 Å². The summed E-state index contributed by atoms with van der Waals surface area (Å²) in [5, 5.41) is 0. The van der Waals surface area contributed by atoms with E-state index in [1.165, 1.54) is 17.8 Å². The van der Waals surface area contributed by atoms with Gasteiger partial charge in [-0.15, -0.1) is 11.8 Å². The van der Waals surface area contributed by atoms with Gasteiger partial charge in [-0.05, 0) is 30.7 Å². The third kappa shape index (κ3) is 5.60. The van der Waals surface area contributed by atoms with Crippen molar-refractivity contribution in [2.45, 2.75) is 62.8 Å². The molecule has 1 aromatic carbocycles. The number of hydrogen-bond acceptors (Lipinski definition) is 3. The first-order valence-corrected chi connectivity index (χ1v) is 9.12. The minimum absolute atomic E-state index is 0.187. The van der Waals surface area contributed by atoms with Crippen molar-refractivity contribution in [2.24, 2.45) is 0 Å². The van der Waals surface area contributed by atoms with E-state index < -0.39 is 18.0 Å². The Balaban J connectivity index is 2.11. The Morgan fingerprint density at radius 1 is 1.26 bits per heavy atom. The fourth-order valence-electron chi connectivity index (χ4n) is 2.47. The van der Waals surface area contributed by atoms with Crippen LogP contribution in [0.25, 0.3) is 0 Å². The van der Waals surface area contributed by atoms with Gasteiger partial charge in [-0.2, -0.15) is 13.2 Å². The summed E-state index contributed by atoms with van der Waals surface area (Å²) in [4.78, 5) is 0.187. The van der Waals surface area contributed by atoms with Crippen LogP contribution >= 0.6 is 11.8 Å². The predicted octanol–water partition coefficient (Wildman–Crippen LogP) is 5.89. The smallest absolute Gasteiger partial charge is 0.417 e. The molecule has 0 aliphatic carbocycles. The first-order chi connectivity index (χ1) is 11.0. The second-order valence-electron chi connectivity index (χ2n) is 5.60. The highest BCUT2D eigenvalue weighted by molar-refractivity contribution is 7.99. The molecule has 1 aliphatic rings. The highest BCUT2D eigenvalue weighted by Gasteiger charge is 2.35. The Bertz CT molecular complexity index is 485. The normalized spacial score (nSPS) is 18.3. The number of thioether (sulfide) groups is 1. The molecule has 0 N–H and O–H groups in total. The number of halogens is 3. The van der Waals surface area contributed by atoms with Gasteiger partial charge in [-0.3, -0.25) is 0 Å². The largest absolute Gasteiger partial charge is 0.464 e. The molecule has 1 atom stereocenters. The topological polar surface area (TPSA) is 18.5 Å². The number of alkyl halides is 3. The van der Waals surface area contributed by atoms with Gasteiger partial charge in [-0.25, -0.2) is 0 Å². The van der Waals surface area contributed by atoms with Crippen LogP contribution in [0.15, 0.2) is 23.1 Å². The van der Waals surface area contributed by atoms with Crippen LogP contribution in [-0.2, 0) is 10.9 Å². The van der Waals surface area contributed by atoms with Crippen LogP contribution in [0, 0.1) is 0 Å². The lowest BCUT2D eigenvalue weighted by molar-refractivity contribution is -0.140. The lowest BCUT2D eigenvalue weighted by atomic mass is 10.2. The third-order valence-corrected chi connectivity index (χ3v) is 4.88. The summed E-state index contributed by atoms with van der Waals surface area (Å²) in [5.41, 5.74) is -0.617. The molecule has 1 heterocycles. The highest BCUT2D eigenvalue weighted by atomic mass is 32.2. The molecule has 0 spiro atoms. The Morgan fingerprint density at radius 3 is 2.74 bits per heavy atom. The Morgan fingerprint density at radius 2 is 2.09 bits per heavy atom. The maximum Gasteiger partial charge on any atom is 0.417 e. The molecule has 130 valence electrons. The minimum atomic E-state index is -4.37. The van der Waals surface area contributed by atoms with Crippen LogP contribution in [0.5, 0.6) is 5.75 Å². The van der Waals surface area contributed by atoms with Gasteiger partial charge in [-0.1, -0.05) is 32.3 Å². The van der Waals surface area contributed by atoms with Crippen LogP contribution in [0.1, 0.15) is 51.0 Å². The van der Waals surface area contributed by atoms with E-state index in [1.807, 2.05) is 0 Å². The summed E-state index contributed by atoms with van der Waals surface area (Å²) in [7, 11) is 0. The van der Waals surface area contributed by atoms with Gasteiger partial charge < -0.3 is 9.47 Å². The first-order valence-electron chi connectivity index (χ1n) is 8.13. The average molecular weight is 348 g/mol. The van der Waals surface area contributed by atoms with Crippen molar-refractivity contribution in [2.75, 3.05) is 12.4 Å². The quantitative estimate of drug-likeness (QED) is 0.431. The zero-order chi connectivity index (χ0) is 16.7. The minimum Gasteiger partial charge on any atom is -0.464 e. The second-order valence-corrected chi connectivity index (χ2v) is 6.71. The van der Waals surface area contributed by atoms with Gasteiger partial charge in [0.2, 0.25) is 0 Å². The third-order valence-electron chi connectivity index (χ3n) is 3.67. The molecule has 1 unspecified atom stereocenters. The lowest BCUT2D eigenvalue weighted by Gasteiger charge is -2.19. The molecule has 1 aromatic rings. The Labute approximate surface area is 139 Å². The molecule has 0 aromatic heterocycles. The summed E-state index contributed by atoms with van der Waals surface area (Å²) in [5.74, 6) is 0.946. The molecule has 0 radical (unpaired) electrons. The van der Waals surface area contributed by atoms with Crippen molar-refractivity contribution >= 4 is 11.8 Å². The number of rotatable bonds is 8. The van der Waals surface area contributed by atoms with E-state index in [2.05, 4.69) is 6.92 Å². The maximum atomic E-state index is 13.3. The summed E-state index contributed by atoms with van der Waals surface area (Å²) in [6.45, 7) is 2.71. The number of hydrogen-bond donors (Lipinski definition) is 0. The van der Waals surface area contributed by atoms with E-state index in [4.69, 9.17) is 9.47 Å². The predicted molar refractivity (Wildman–Crippen MR) is 85.9 cm³/mol. The molecule has 1 aliphatic heterocycles. The van der Waals surface area contributed by atoms with E-state index in [0.717, 1.165) is 44.6 Å². The van der Waals surface area contributed by atoms with Gasteiger partial charge in [0.05, 0.1) is 17.1 Å². The van der Waals surface area contributed by atoms with Crippen LogP contribution in [0.3, 0.4) is 0 Å². The Hall–Kier alpha value is -0.880. The molecule has 0 bridgehead atoms. The lowest BCUT2D eigenvalue weighted by Crippen LogP contribution is -2.16. The van der Waals surface area contributed by atoms with Crippen molar-refractivity contribution < 1.29 is 22.6 Å². The van der Waals surface area contributed by atoms with Gasteiger partial charge in [0, 0.05) is 6.42 Å². The van der Waals surface area contributed by atoms with E-state index in [0.29, 0.717) is 12.4 Å². The van der Waals surface area contributed by atoms with Crippen molar-refractivity contribution in [1.29, 1.82) is 0 Å². The number of unbranched alkanes of at least 4 members (excludes halogenated alkanes) is 3. The highest BCUT2D eigenvalue weighted by Crippen LogP contribution is 2.42. The number of ether oxygens (including phenoxy) is 2. The van der Waals surface area contributed by atoms with Gasteiger partial charge in [0.15, 0.2) is 6.29 Å². The van der Waals surface area contributed by atoms with Crippen LogP contribution in [-0.4, -0.2) is 18.6 Å². The molecule has 0 saturated carbocycles. The molecule has 2 nitrogen and oxygen atoms in total. The van der Waals surface area contributed by atoms with Gasteiger partial charge in [0.25, 0.3) is 0 Å². The van der Waals surface area contributed by atoms with Gasteiger partial charge >= 0.3 is 6.18 Å². The van der Waals surface area contributed by atoms with Crippen molar-refractivity contribution in [3.05, 3.63) is 23.8 Å². The molecule has 6 heteroatoms. The molecule has 1 saturated heterocycles. The monoisotopic (exact) mass is 348 g/mol. The standard InChI is InChI=1S/C17H23F3O2S/c1-2-3-4-5-12-23-16-13(17(18,19)20)8-6-9-14(16)22-15-10-7-11-21-15/h6,8-9,15H,2-5,7,10-12H2,1H3. The van der Waals surface area contributed by atoms with E-state index in [-0.39, 0.29) is 10.6 Å². The fraction of sp³-hybridized carbons (Fsp3) is 0.647. The maximum absolute atomic E-state index is 13.3. The van der Waals surface area contributed by atoms with Crippen LogP contribution in [0.4, 0.5) is 13.2 Å². The van der Waals surface area contributed by atoms with Crippen LogP contribution < -0.4 is 4.74 Å². The van der Waals surface area contributed by atoms with E-state index in [9.17, 15) is 13.2 Å².